The van der Waals surface area contributed by atoms with Crippen molar-refractivity contribution in [3.05, 3.63) is 41.3 Å². The Morgan fingerprint density at radius 2 is 2.06 bits per heavy atom. The zero-order valence-corrected chi connectivity index (χ0v) is 18.3. The number of rotatable bonds is 6. The van der Waals surface area contributed by atoms with E-state index >= 15 is 0 Å². The Morgan fingerprint density at radius 1 is 1.23 bits per heavy atom. The van der Waals surface area contributed by atoms with Gasteiger partial charge in [-0.3, -0.25) is 9.89 Å². The highest BCUT2D eigenvalue weighted by Crippen LogP contribution is 2.38. The zero-order valence-electron chi connectivity index (χ0n) is 18.3. The number of amides is 1. The molecule has 7 nitrogen and oxygen atoms in total. The van der Waals surface area contributed by atoms with Gasteiger partial charge in [-0.05, 0) is 68.1 Å². The number of carbonyl (C=O) groups excluding carboxylic acids is 1. The van der Waals surface area contributed by atoms with Gasteiger partial charge in [-0.25, -0.2) is 4.98 Å². The summed E-state index contributed by atoms with van der Waals surface area (Å²) < 4.78 is 5.82. The summed E-state index contributed by atoms with van der Waals surface area (Å²) in [6, 6.07) is 6.15. The van der Waals surface area contributed by atoms with Crippen molar-refractivity contribution in [2.75, 3.05) is 25.5 Å². The minimum absolute atomic E-state index is 0.147. The van der Waals surface area contributed by atoms with Crippen molar-refractivity contribution in [2.24, 2.45) is 11.8 Å². The number of carbonyl (C=O) groups is 1. The van der Waals surface area contributed by atoms with Crippen LogP contribution in [0.1, 0.15) is 49.1 Å². The third-order valence-corrected chi connectivity index (χ3v) is 7.49. The van der Waals surface area contributed by atoms with Crippen molar-refractivity contribution in [1.82, 2.24) is 20.1 Å². The number of nitrogens with one attached hydrogen (secondary N) is 2. The van der Waals surface area contributed by atoms with E-state index in [1.54, 1.807) is 7.11 Å². The van der Waals surface area contributed by atoms with Gasteiger partial charge in [0.15, 0.2) is 0 Å². The molecule has 0 aromatic carbocycles. The maximum Gasteiger partial charge on any atom is 0.222 e. The van der Waals surface area contributed by atoms with Gasteiger partial charge in [0.25, 0.3) is 0 Å². The van der Waals surface area contributed by atoms with Crippen LogP contribution in [0.3, 0.4) is 0 Å². The van der Waals surface area contributed by atoms with E-state index in [1.165, 1.54) is 24.1 Å². The summed E-state index contributed by atoms with van der Waals surface area (Å²) in [5, 5.41) is 11.3. The Kier molecular flexibility index (Phi) is 5.94. The Labute approximate surface area is 184 Å². The molecule has 31 heavy (non-hydrogen) atoms. The average molecular weight is 424 g/mol. The van der Waals surface area contributed by atoms with Crippen molar-refractivity contribution in [3.8, 4) is 0 Å². The molecule has 4 atom stereocenters. The Bertz CT molecular complexity index is 899. The number of aromatic nitrogens is 3. The predicted octanol–water partition coefficient (Wildman–Crippen LogP) is 2.98. The fourth-order valence-corrected chi connectivity index (χ4v) is 5.81. The van der Waals surface area contributed by atoms with Crippen molar-refractivity contribution in [2.45, 2.75) is 63.5 Å². The molecule has 2 N–H and O–H groups in total. The van der Waals surface area contributed by atoms with Crippen LogP contribution in [-0.2, 0) is 28.8 Å². The SMILES string of the molecule is CO[C@@H]1C[C@H]2CN(C(=O)CCc3n[nH]c4c3CCCC4)C[C@H]2C[C@H]1Nc1ccccn1. The molecule has 3 heterocycles. The summed E-state index contributed by atoms with van der Waals surface area (Å²) in [6.07, 6.45) is 9.93. The highest BCUT2D eigenvalue weighted by atomic mass is 16.5. The van der Waals surface area contributed by atoms with Crippen LogP contribution in [0.2, 0.25) is 0 Å². The second-order valence-corrected chi connectivity index (χ2v) is 9.36. The summed E-state index contributed by atoms with van der Waals surface area (Å²) >= 11 is 0. The fourth-order valence-electron chi connectivity index (χ4n) is 5.81. The minimum Gasteiger partial charge on any atom is -0.379 e. The van der Waals surface area contributed by atoms with Crippen molar-refractivity contribution in [1.29, 1.82) is 0 Å². The number of pyridine rings is 1. The van der Waals surface area contributed by atoms with Crippen LogP contribution < -0.4 is 5.32 Å². The monoisotopic (exact) mass is 423 g/mol. The Balaban J connectivity index is 1.18. The fraction of sp³-hybridized carbons (Fsp3) is 0.625. The third-order valence-electron chi connectivity index (χ3n) is 7.49. The number of likely N-dealkylation sites (tertiary alicyclic amines) is 1. The molecule has 2 aromatic heterocycles. The highest BCUT2D eigenvalue weighted by Gasteiger charge is 2.43. The molecule has 3 aliphatic rings. The summed E-state index contributed by atoms with van der Waals surface area (Å²) in [6.45, 7) is 1.72. The summed E-state index contributed by atoms with van der Waals surface area (Å²) in [4.78, 5) is 19.5. The molecule has 0 bridgehead atoms. The Hall–Kier alpha value is -2.41. The number of aryl methyl sites for hydroxylation is 2. The summed E-state index contributed by atoms with van der Waals surface area (Å²) in [5.41, 5.74) is 3.78. The Morgan fingerprint density at radius 3 is 2.87 bits per heavy atom. The lowest BCUT2D eigenvalue weighted by atomic mass is 9.77. The number of hydrogen-bond acceptors (Lipinski definition) is 5. The molecule has 166 valence electrons. The van der Waals surface area contributed by atoms with Crippen LogP contribution in [0.5, 0.6) is 0 Å². The standard InChI is InChI=1S/C24H33N5O2/c1-31-22-13-17-15-29(14-16(17)12-21(22)26-23-8-4-5-11-25-23)24(30)10-9-20-18-6-2-3-7-19(18)27-28-20/h4-5,8,11,16-17,21-22H,2-3,6-7,9-10,12-15H2,1H3,(H,25,26)(H,27,28)/t16-,17+,21-,22-/m1/s1. The van der Waals surface area contributed by atoms with Gasteiger partial charge in [-0.15, -0.1) is 0 Å². The lowest BCUT2D eigenvalue weighted by Crippen LogP contribution is -2.44. The molecular formula is C24H33N5O2. The van der Waals surface area contributed by atoms with E-state index in [9.17, 15) is 4.79 Å². The smallest absolute Gasteiger partial charge is 0.222 e. The molecule has 0 unspecified atom stereocenters. The van der Waals surface area contributed by atoms with E-state index in [2.05, 4.69) is 25.4 Å². The van der Waals surface area contributed by atoms with Crippen LogP contribution in [0.25, 0.3) is 0 Å². The molecule has 1 saturated carbocycles. The van der Waals surface area contributed by atoms with Gasteiger partial charge in [-0.2, -0.15) is 5.10 Å². The normalized spacial score (nSPS) is 27.6. The molecule has 2 aliphatic carbocycles. The predicted molar refractivity (Wildman–Crippen MR) is 119 cm³/mol. The molecule has 7 heteroatoms. The number of nitrogens with zero attached hydrogens (tertiary/aromatic N) is 3. The quantitative estimate of drug-likeness (QED) is 0.746. The van der Waals surface area contributed by atoms with Gasteiger partial charge in [-0.1, -0.05) is 6.07 Å². The van der Waals surface area contributed by atoms with Crippen molar-refractivity contribution >= 4 is 11.7 Å². The number of hydrogen-bond donors (Lipinski definition) is 2. The molecule has 1 amide bonds. The van der Waals surface area contributed by atoms with Gasteiger partial charge in [0.1, 0.15) is 5.82 Å². The highest BCUT2D eigenvalue weighted by molar-refractivity contribution is 5.76. The van der Waals surface area contributed by atoms with Crippen LogP contribution in [0, 0.1) is 11.8 Å². The maximum absolute atomic E-state index is 13.0. The lowest BCUT2D eigenvalue weighted by Gasteiger charge is -2.37. The first-order chi connectivity index (χ1) is 15.2. The second kappa shape index (κ2) is 8.99. The number of ether oxygens (including phenoxy) is 1. The molecule has 0 spiro atoms. The summed E-state index contributed by atoms with van der Waals surface area (Å²) in [5.74, 6) is 2.20. The molecule has 5 rings (SSSR count). The van der Waals surface area contributed by atoms with Crippen LogP contribution in [-0.4, -0.2) is 58.3 Å². The van der Waals surface area contributed by atoms with Crippen molar-refractivity contribution < 1.29 is 9.53 Å². The molecule has 1 saturated heterocycles. The second-order valence-electron chi connectivity index (χ2n) is 9.36. The number of H-pyrrole nitrogens is 1. The summed E-state index contributed by atoms with van der Waals surface area (Å²) in [7, 11) is 1.79. The van der Waals surface area contributed by atoms with E-state index in [0.29, 0.717) is 18.3 Å². The van der Waals surface area contributed by atoms with Gasteiger partial charge in [0.05, 0.1) is 17.8 Å². The average Bonchev–Trinajstić information content (AvgIpc) is 3.41. The third kappa shape index (κ3) is 4.33. The number of fused-ring (bicyclic) bond motifs is 2. The van der Waals surface area contributed by atoms with E-state index in [-0.39, 0.29) is 18.1 Å². The van der Waals surface area contributed by atoms with Crippen molar-refractivity contribution in [3.63, 3.8) is 0 Å². The largest absolute Gasteiger partial charge is 0.379 e. The lowest BCUT2D eigenvalue weighted by molar-refractivity contribution is -0.130. The van der Waals surface area contributed by atoms with Crippen LogP contribution in [0.4, 0.5) is 5.82 Å². The molecule has 0 radical (unpaired) electrons. The molecule has 1 aliphatic heterocycles. The topological polar surface area (TPSA) is 83.1 Å². The van der Waals surface area contributed by atoms with E-state index in [4.69, 9.17) is 4.74 Å². The van der Waals surface area contributed by atoms with Crippen LogP contribution >= 0.6 is 0 Å². The first-order valence-corrected chi connectivity index (χ1v) is 11.7. The number of anilines is 1. The van der Waals surface area contributed by atoms with Gasteiger partial charge in [0, 0.05) is 44.9 Å². The first kappa shape index (κ1) is 20.5. The van der Waals surface area contributed by atoms with Crippen LogP contribution in [0.15, 0.2) is 24.4 Å². The van der Waals surface area contributed by atoms with E-state index < -0.39 is 0 Å². The molecule has 2 aromatic rings. The zero-order chi connectivity index (χ0) is 21.2. The maximum atomic E-state index is 13.0. The number of aromatic amines is 1. The number of methoxy groups -OCH3 is 1. The van der Waals surface area contributed by atoms with E-state index in [0.717, 1.165) is 56.7 Å². The minimum atomic E-state index is 0.147. The molecular weight excluding hydrogens is 390 g/mol. The molecule has 2 fully saturated rings. The first-order valence-electron chi connectivity index (χ1n) is 11.7. The van der Waals surface area contributed by atoms with E-state index in [1.807, 2.05) is 24.4 Å². The van der Waals surface area contributed by atoms with Gasteiger partial charge < -0.3 is 15.0 Å². The van der Waals surface area contributed by atoms with Gasteiger partial charge >= 0.3 is 0 Å². The van der Waals surface area contributed by atoms with Gasteiger partial charge in [0.2, 0.25) is 5.91 Å².